The summed E-state index contributed by atoms with van der Waals surface area (Å²) in [6, 6.07) is 7.16. The summed E-state index contributed by atoms with van der Waals surface area (Å²) in [7, 11) is 3.12. The molecule has 3 amide bonds. The summed E-state index contributed by atoms with van der Waals surface area (Å²) in [5, 5.41) is 2.41. The molecular weight excluding hydrogens is 282 g/mol. The number of hydrogen-bond donors (Lipinski definition) is 3. The molecular formula is C16H23N3O3. The van der Waals surface area contributed by atoms with E-state index in [0.29, 0.717) is 0 Å². The number of urea groups is 1. The van der Waals surface area contributed by atoms with Crippen molar-refractivity contribution >= 4 is 11.9 Å². The maximum absolute atomic E-state index is 12.7. The minimum atomic E-state index is -0.592. The highest BCUT2D eigenvalue weighted by Gasteiger charge is 2.41. The molecule has 1 fully saturated rings. The van der Waals surface area contributed by atoms with Crippen LogP contribution in [0.25, 0.3) is 0 Å². The lowest BCUT2D eigenvalue weighted by atomic mass is 9.69. The van der Waals surface area contributed by atoms with Gasteiger partial charge < -0.3 is 10.1 Å². The average molecular weight is 305 g/mol. The zero-order valence-electron chi connectivity index (χ0n) is 13.1. The molecule has 0 aromatic heterocycles. The Balaban J connectivity index is 2.22. The van der Waals surface area contributed by atoms with Gasteiger partial charge in [-0.3, -0.25) is 10.2 Å². The average Bonchev–Trinajstić information content (AvgIpc) is 2.59. The Hall–Kier alpha value is -2.24. The van der Waals surface area contributed by atoms with Gasteiger partial charge in [0.1, 0.15) is 5.75 Å². The molecule has 0 radical (unpaired) electrons. The summed E-state index contributed by atoms with van der Waals surface area (Å²) in [6.07, 6.45) is 4.69. The predicted octanol–water partition coefficient (Wildman–Crippen LogP) is 1.86. The van der Waals surface area contributed by atoms with E-state index in [1.807, 2.05) is 24.3 Å². The summed E-state index contributed by atoms with van der Waals surface area (Å²) in [4.78, 5) is 24.0. The monoisotopic (exact) mass is 305 g/mol. The molecule has 0 atom stereocenters. The normalized spacial score (nSPS) is 16.5. The molecule has 0 aliphatic heterocycles. The van der Waals surface area contributed by atoms with E-state index in [1.165, 1.54) is 7.05 Å². The van der Waals surface area contributed by atoms with Gasteiger partial charge in [0.15, 0.2) is 0 Å². The van der Waals surface area contributed by atoms with E-state index in [2.05, 4.69) is 16.2 Å². The molecule has 0 saturated heterocycles. The molecule has 6 nitrogen and oxygen atoms in total. The van der Waals surface area contributed by atoms with Crippen molar-refractivity contribution in [2.24, 2.45) is 0 Å². The van der Waals surface area contributed by atoms with Crippen LogP contribution >= 0.6 is 0 Å². The van der Waals surface area contributed by atoms with Crippen molar-refractivity contribution < 1.29 is 14.3 Å². The van der Waals surface area contributed by atoms with E-state index in [0.717, 1.165) is 43.4 Å². The summed E-state index contributed by atoms with van der Waals surface area (Å²) in [6.45, 7) is 0. The van der Waals surface area contributed by atoms with Crippen LogP contribution in [0.3, 0.4) is 0 Å². The lowest BCUT2D eigenvalue weighted by Gasteiger charge is -2.36. The second-order valence-electron chi connectivity index (χ2n) is 5.53. The maximum Gasteiger partial charge on any atom is 0.333 e. The number of hydrogen-bond acceptors (Lipinski definition) is 3. The molecule has 2 rings (SSSR count). The van der Waals surface area contributed by atoms with Crippen molar-refractivity contribution in [2.45, 2.75) is 37.5 Å². The molecule has 0 heterocycles. The Kier molecular flexibility index (Phi) is 5.25. The number of carbonyl (C=O) groups is 2. The Bertz CT molecular complexity index is 522. The van der Waals surface area contributed by atoms with Crippen molar-refractivity contribution in [3.05, 3.63) is 29.8 Å². The predicted molar refractivity (Wildman–Crippen MR) is 83.5 cm³/mol. The second kappa shape index (κ2) is 7.15. The minimum absolute atomic E-state index is 0.166. The Morgan fingerprint density at radius 1 is 1.05 bits per heavy atom. The van der Waals surface area contributed by atoms with Crippen molar-refractivity contribution in [3.63, 3.8) is 0 Å². The standard InChI is InChI=1S/C16H23N3O3/c1-17-15(21)19-18-14(20)16(10-4-3-5-11-16)12-6-8-13(22-2)9-7-12/h6-9H,3-5,10-11H2,1-2H3,(H,18,20)(H2,17,19,21). The van der Waals surface area contributed by atoms with Gasteiger partial charge in [0.25, 0.3) is 0 Å². The number of carbonyl (C=O) groups excluding carboxylic acids is 2. The fourth-order valence-electron chi connectivity index (χ4n) is 3.01. The SMILES string of the molecule is CNC(=O)NNC(=O)C1(c2ccc(OC)cc2)CCCCC1. The third-order valence-electron chi connectivity index (χ3n) is 4.30. The van der Waals surface area contributed by atoms with Gasteiger partial charge in [-0.05, 0) is 30.5 Å². The van der Waals surface area contributed by atoms with Gasteiger partial charge in [-0.2, -0.15) is 0 Å². The smallest absolute Gasteiger partial charge is 0.333 e. The van der Waals surface area contributed by atoms with Crippen LogP contribution in [0.2, 0.25) is 0 Å². The van der Waals surface area contributed by atoms with E-state index in [1.54, 1.807) is 7.11 Å². The lowest BCUT2D eigenvalue weighted by molar-refractivity contribution is -0.128. The molecule has 1 aliphatic carbocycles. The van der Waals surface area contributed by atoms with E-state index in [-0.39, 0.29) is 5.91 Å². The maximum atomic E-state index is 12.7. The molecule has 0 spiro atoms. The van der Waals surface area contributed by atoms with E-state index in [4.69, 9.17) is 4.74 Å². The number of rotatable bonds is 3. The van der Waals surface area contributed by atoms with Crippen LogP contribution in [0.1, 0.15) is 37.7 Å². The Morgan fingerprint density at radius 2 is 1.68 bits per heavy atom. The molecule has 1 aromatic carbocycles. The third kappa shape index (κ3) is 3.32. The van der Waals surface area contributed by atoms with Crippen molar-refractivity contribution in [3.8, 4) is 5.75 Å². The number of benzene rings is 1. The highest BCUT2D eigenvalue weighted by molar-refractivity contribution is 5.90. The van der Waals surface area contributed by atoms with E-state index in [9.17, 15) is 9.59 Å². The van der Waals surface area contributed by atoms with Gasteiger partial charge in [0.05, 0.1) is 12.5 Å². The van der Waals surface area contributed by atoms with Crippen LogP contribution in [0.15, 0.2) is 24.3 Å². The molecule has 1 saturated carbocycles. The first-order chi connectivity index (χ1) is 10.6. The topological polar surface area (TPSA) is 79.5 Å². The molecule has 1 aliphatic rings. The van der Waals surface area contributed by atoms with Crippen molar-refractivity contribution in [2.75, 3.05) is 14.2 Å². The fraction of sp³-hybridized carbons (Fsp3) is 0.500. The number of nitrogens with one attached hydrogen (secondary N) is 3. The first kappa shape index (κ1) is 16.1. The van der Waals surface area contributed by atoms with Crippen molar-refractivity contribution in [1.29, 1.82) is 0 Å². The summed E-state index contributed by atoms with van der Waals surface area (Å²) >= 11 is 0. The molecule has 120 valence electrons. The quantitative estimate of drug-likeness (QED) is 0.746. The Labute approximate surface area is 130 Å². The fourth-order valence-corrected chi connectivity index (χ4v) is 3.01. The van der Waals surface area contributed by atoms with Crippen LogP contribution < -0.4 is 20.9 Å². The van der Waals surface area contributed by atoms with Gasteiger partial charge in [0, 0.05) is 7.05 Å². The first-order valence-electron chi connectivity index (χ1n) is 7.55. The zero-order valence-corrected chi connectivity index (χ0v) is 13.1. The summed E-state index contributed by atoms with van der Waals surface area (Å²) < 4.78 is 5.18. The van der Waals surface area contributed by atoms with Crippen molar-refractivity contribution in [1.82, 2.24) is 16.2 Å². The summed E-state index contributed by atoms with van der Waals surface area (Å²) in [5.41, 5.74) is 5.28. The van der Waals surface area contributed by atoms with Gasteiger partial charge in [0.2, 0.25) is 5.91 Å². The number of ether oxygens (including phenoxy) is 1. The summed E-state index contributed by atoms with van der Waals surface area (Å²) in [5.74, 6) is 0.597. The van der Waals surface area contributed by atoms with Crippen LogP contribution in [0.4, 0.5) is 4.79 Å². The molecule has 6 heteroatoms. The van der Waals surface area contributed by atoms with Crippen LogP contribution in [-0.4, -0.2) is 26.1 Å². The number of amides is 3. The number of methoxy groups -OCH3 is 1. The van der Waals surface area contributed by atoms with Gasteiger partial charge in [-0.15, -0.1) is 0 Å². The molecule has 3 N–H and O–H groups in total. The third-order valence-corrected chi connectivity index (χ3v) is 4.30. The van der Waals surface area contributed by atoms with Gasteiger partial charge in [-0.25, -0.2) is 10.2 Å². The molecule has 0 bridgehead atoms. The lowest BCUT2D eigenvalue weighted by Crippen LogP contribution is -2.54. The van der Waals surface area contributed by atoms with Gasteiger partial charge in [-0.1, -0.05) is 31.4 Å². The highest BCUT2D eigenvalue weighted by Crippen LogP contribution is 2.40. The molecule has 1 aromatic rings. The van der Waals surface area contributed by atoms with E-state index < -0.39 is 11.4 Å². The van der Waals surface area contributed by atoms with Crippen LogP contribution in [0.5, 0.6) is 5.75 Å². The molecule has 0 unspecified atom stereocenters. The minimum Gasteiger partial charge on any atom is -0.497 e. The zero-order chi connectivity index (χ0) is 16.0. The highest BCUT2D eigenvalue weighted by atomic mass is 16.5. The van der Waals surface area contributed by atoms with Crippen LogP contribution in [0, 0.1) is 0 Å². The largest absolute Gasteiger partial charge is 0.497 e. The van der Waals surface area contributed by atoms with E-state index >= 15 is 0 Å². The second-order valence-corrected chi connectivity index (χ2v) is 5.53. The molecule has 22 heavy (non-hydrogen) atoms. The first-order valence-corrected chi connectivity index (χ1v) is 7.55. The Morgan fingerprint density at radius 3 is 2.23 bits per heavy atom. The number of hydrazine groups is 1. The van der Waals surface area contributed by atoms with Crippen LogP contribution in [-0.2, 0) is 10.2 Å². The van der Waals surface area contributed by atoms with Gasteiger partial charge >= 0.3 is 6.03 Å².